The normalized spacial score (nSPS) is 16.4. The molecule has 0 aliphatic carbocycles. The number of halogens is 3. The Labute approximate surface area is 184 Å². The molecule has 1 saturated heterocycles. The standard InChI is InChI=1S/C21H15F3N4O3S/c1-11(29)14-4-2-3-5-15(14)20-28(17(30)10-32-20)27-19(31)18-25-9-12-8-13(21(22,23)24)6-7-16(12)26-18/h2-9,20H,10H2,1H3,(H,27,31). The second kappa shape index (κ2) is 8.23. The molecule has 0 saturated carbocycles. The zero-order valence-corrected chi connectivity index (χ0v) is 17.3. The predicted octanol–water partition coefficient (Wildman–Crippen LogP) is 3.77. The van der Waals surface area contributed by atoms with Crippen molar-refractivity contribution in [3.63, 3.8) is 0 Å². The Bertz CT molecular complexity index is 1250. The fraction of sp³-hybridized carbons (Fsp3) is 0.190. The predicted molar refractivity (Wildman–Crippen MR) is 110 cm³/mol. The van der Waals surface area contributed by atoms with Crippen LogP contribution in [0.25, 0.3) is 10.9 Å². The molecule has 164 valence electrons. The molecular formula is C21H15F3N4O3S. The molecule has 2 heterocycles. The van der Waals surface area contributed by atoms with Gasteiger partial charge in [-0.3, -0.25) is 19.8 Å². The zero-order valence-electron chi connectivity index (χ0n) is 16.5. The summed E-state index contributed by atoms with van der Waals surface area (Å²) < 4.78 is 38.6. The number of aromatic nitrogens is 2. The van der Waals surface area contributed by atoms with Crippen molar-refractivity contribution < 1.29 is 27.6 Å². The van der Waals surface area contributed by atoms with Crippen LogP contribution >= 0.6 is 11.8 Å². The number of carbonyl (C=O) groups is 3. The van der Waals surface area contributed by atoms with E-state index in [0.29, 0.717) is 11.1 Å². The first-order valence-electron chi connectivity index (χ1n) is 9.33. The number of Topliss-reactive ketones (excluding diaryl/α,β-unsaturated/α-hetero) is 1. The van der Waals surface area contributed by atoms with Gasteiger partial charge in [0.2, 0.25) is 5.82 Å². The minimum atomic E-state index is -4.51. The molecule has 0 radical (unpaired) electrons. The van der Waals surface area contributed by atoms with Crippen molar-refractivity contribution in [2.45, 2.75) is 18.5 Å². The van der Waals surface area contributed by atoms with Crippen LogP contribution in [0.5, 0.6) is 0 Å². The van der Waals surface area contributed by atoms with Crippen LogP contribution in [-0.4, -0.2) is 38.3 Å². The highest BCUT2D eigenvalue weighted by Gasteiger charge is 2.36. The van der Waals surface area contributed by atoms with Crippen LogP contribution in [-0.2, 0) is 11.0 Å². The third kappa shape index (κ3) is 4.15. The van der Waals surface area contributed by atoms with Crippen LogP contribution in [0.3, 0.4) is 0 Å². The molecule has 0 bridgehead atoms. The molecule has 0 spiro atoms. The number of hydrogen-bond donors (Lipinski definition) is 1. The third-order valence-electron chi connectivity index (χ3n) is 4.81. The molecule has 32 heavy (non-hydrogen) atoms. The van der Waals surface area contributed by atoms with E-state index in [1.165, 1.54) is 18.7 Å². The lowest BCUT2D eigenvalue weighted by atomic mass is 10.0. The minimum absolute atomic E-state index is 0.0932. The highest BCUT2D eigenvalue weighted by molar-refractivity contribution is 8.00. The maximum Gasteiger partial charge on any atom is 0.416 e. The van der Waals surface area contributed by atoms with E-state index in [1.807, 2.05) is 0 Å². The number of ketones is 1. The van der Waals surface area contributed by atoms with Gasteiger partial charge in [-0.15, -0.1) is 11.8 Å². The molecule has 7 nitrogen and oxygen atoms in total. The summed E-state index contributed by atoms with van der Waals surface area (Å²) in [5.74, 6) is -1.56. The van der Waals surface area contributed by atoms with Gasteiger partial charge in [-0.25, -0.2) is 15.0 Å². The lowest BCUT2D eigenvalue weighted by Crippen LogP contribution is -2.45. The van der Waals surface area contributed by atoms with Gasteiger partial charge in [0.05, 0.1) is 16.8 Å². The summed E-state index contributed by atoms with van der Waals surface area (Å²) in [5, 5.41) is 0.619. The van der Waals surface area contributed by atoms with Crippen LogP contribution < -0.4 is 5.43 Å². The maximum atomic E-state index is 12.9. The Kier molecular flexibility index (Phi) is 5.59. The quantitative estimate of drug-likeness (QED) is 0.596. The summed E-state index contributed by atoms with van der Waals surface area (Å²) in [4.78, 5) is 45.0. The van der Waals surface area contributed by atoms with Crippen LogP contribution in [0.2, 0.25) is 0 Å². The van der Waals surface area contributed by atoms with Crippen molar-refractivity contribution in [1.82, 2.24) is 20.4 Å². The van der Waals surface area contributed by atoms with Crippen molar-refractivity contribution in [3.8, 4) is 0 Å². The molecule has 1 unspecified atom stereocenters. The van der Waals surface area contributed by atoms with Crippen molar-refractivity contribution in [2.75, 3.05) is 5.75 Å². The van der Waals surface area contributed by atoms with E-state index in [0.717, 1.165) is 29.4 Å². The fourth-order valence-electron chi connectivity index (χ4n) is 3.29. The van der Waals surface area contributed by atoms with Gasteiger partial charge in [-0.05, 0) is 30.7 Å². The second-order valence-corrected chi connectivity index (χ2v) is 8.04. The van der Waals surface area contributed by atoms with Crippen molar-refractivity contribution in [2.24, 2.45) is 0 Å². The molecule has 1 N–H and O–H groups in total. The topological polar surface area (TPSA) is 92.3 Å². The van der Waals surface area contributed by atoms with Gasteiger partial charge in [-0.2, -0.15) is 13.2 Å². The van der Waals surface area contributed by atoms with Crippen molar-refractivity contribution >= 4 is 40.3 Å². The van der Waals surface area contributed by atoms with E-state index in [4.69, 9.17) is 0 Å². The summed E-state index contributed by atoms with van der Waals surface area (Å²) in [6.07, 6.45) is -3.39. The van der Waals surface area contributed by atoms with E-state index in [2.05, 4.69) is 15.4 Å². The summed E-state index contributed by atoms with van der Waals surface area (Å²) in [6, 6.07) is 9.70. The van der Waals surface area contributed by atoms with Crippen LogP contribution in [0.1, 0.15) is 44.4 Å². The van der Waals surface area contributed by atoms with Crippen LogP contribution in [0, 0.1) is 0 Å². The minimum Gasteiger partial charge on any atom is -0.294 e. The average Bonchev–Trinajstić information content (AvgIpc) is 3.12. The number of hydrazine groups is 1. The molecule has 2 amide bonds. The average molecular weight is 460 g/mol. The molecule has 11 heteroatoms. The summed E-state index contributed by atoms with van der Waals surface area (Å²) in [7, 11) is 0. The number of benzene rings is 2. The van der Waals surface area contributed by atoms with E-state index in [1.54, 1.807) is 24.3 Å². The van der Waals surface area contributed by atoms with E-state index >= 15 is 0 Å². The fourth-order valence-corrected chi connectivity index (χ4v) is 4.43. The van der Waals surface area contributed by atoms with E-state index in [9.17, 15) is 27.6 Å². The van der Waals surface area contributed by atoms with Gasteiger partial charge in [0.1, 0.15) is 5.37 Å². The number of carbonyl (C=O) groups excluding carboxylic acids is 3. The highest BCUT2D eigenvalue weighted by Crippen LogP contribution is 2.39. The molecule has 1 aliphatic rings. The number of alkyl halides is 3. The zero-order chi connectivity index (χ0) is 23.0. The number of thioether (sulfide) groups is 1. The smallest absolute Gasteiger partial charge is 0.294 e. The molecule has 2 aromatic carbocycles. The number of rotatable bonds is 4. The lowest BCUT2D eigenvalue weighted by molar-refractivity contribution is -0.137. The van der Waals surface area contributed by atoms with Gasteiger partial charge < -0.3 is 0 Å². The van der Waals surface area contributed by atoms with Gasteiger partial charge >= 0.3 is 12.1 Å². The summed E-state index contributed by atoms with van der Waals surface area (Å²) >= 11 is 1.25. The lowest BCUT2D eigenvalue weighted by Gasteiger charge is -2.25. The first-order chi connectivity index (χ1) is 15.1. The molecule has 4 rings (SSSR count). The first kappa shape index (κ1) is 21.8. The molecular weight excluding hydrogens is 445 g/mol. The van der Waals surface area contributed by atoms with Gasteiger partial charge in [0, 0.05) is 17.1 Å². The molecule has 1 fully saturated rings. The second-order valence-electron chi connectivity index (χ2n) is 6.98. The summed E-state index contributed by atoms with van der Waals surface area (Å²) in [5.41, 5.74) is 2.78. The van der Waals surface area contributed by atoms with Crippen molar-refractivity contribution in [3.05, 3.63) is 71.2 Å². The molecule has 3 aromatic rings. The first-order valence-corrected chi connectivity index (χ1v) is 10.4. The Balaban J connectivity index is 1.60. The molecule has 1 atom stereocenters. The number of amides is 2. The van der Waals surface area contributed by atoms with Crippen LogP contribution in [0.4, 0.5) is 13.2 Å². The number of hydrogen-bond acceptors (Lipinski definition) is 6. The van der Waals surface area contributed by atoms with Gasteiger partial charge in [0.15, 0.2) is 5.78 Å². The molecule has 1 aromatic heterocycles. The Morgan fingerprint density at radius 2 is 1.94 bits per heavy atom. The number of fused-ring (bicyclic) bond motifs is 1. The van der Waals surface area contributed by atoms with Gasteiger partial charge in [0.25, 0.3) is 5.91 Å². The van der Waals surface area contributed by atoms with Crippen molar-refractivity contribution in [1.29, 1.82) is 0 Å². The SMILES string of the molecule is CC(=O)c1ccccc1C1SCC(=O)N1NC(=O)c1ncc2cc(C(F)(F)F)ccc2n1. The number of nitrogens with one attached hydrogen (secondary N) is 1. The largest absolute Gasteiger partial charge is 0.416 e. The Hall–Kier alpha value is -3.47. The summed E-state index contributed by atoms with van der Waals surface area (Å²) in [6.45, 7) is 1.41. The van der Waals surface area contributed by atoms with E-state index < -0.39 is 23.0 Å². The maximum absolute atomic E-state index is 12.9. The van der Waals surface area contributed by atoms with E-state index in [-0.39, 0.29) is 34.2 Å². The molecule has 1 aliphatic heterocycles. The highest BCUT2D eigenvalue weighted by atomic mass is 32.2. The Morgan fingerprint density at radius 1 is 1.19 bits per heavy atom. The van der Waals surface area contributed by atoms with Gasteiger partial charge in [-0.1, -0.05) is 24.3 Å². The Morgan fingerprint density at radius 3 is 2.66 bits per heavy atom. The van der Waals surface area contributed by atoms with Crippen LogP contribution in [0.15, 0.2) is 48.7 Å². The third-order valence-corrected chi connectivity index (χ3v) is 6.00. The monoisotopic (exact) mass is 460 g/mol. The number of nitrogens with zero attached hydrogens (tertiary/aromatic N) is 3.